The SMILES string of the molecule is COc1cc(C(C)C)c(Oc2ncc(N)nc2N)cc1C=N. The van der Waals surface area contributed by atoms with Crippen molar-refractivity contribution in [1.29, 1.82) is 5.41 Å². The van der Waals surface area contributed by atoms with Crippen molar-refractivity contribution in [1.82, 2.24) is 9.97 Å². The summed E-state index contributed by atoms with van der Waals surface area (Å²) < 4.78 is 11.1. The van der Waals surface area contributed by atoms with Crippen LogP contribution in [0, 0.1) is 5.41 Å². The molecule has 0 atom stereocenters. The van der Waals surface area contributed by atoms with Crippen LogP contribution in [0.25, 0.3) is 0 Å². The van der Waals surface area contributed by atoms with Gasteiger partial charge in [-0.05, 0) is 18.1 Å². The number of hydrogen-bond donors (Lipinski definition) is 3. The van der Waals surface area contributed by atoms with Gasteiger partial charge in [-0.25, -0.2) is 9.97 Å². The van der Waals surface area contributed by atoms with E-state index in [1.165, 1.54) is 12.4 Å². The van der Waals surface area contributed by atoms with Gasteiger partial charge in [-0.2, -0.15) is 0 Å². The van der Waals surface area contributed by atoms with E-state index >= 15 is 0 Å². The molecule has 0 aliphatic rings. The molecule has 22 heavy (non-hydrogen) atoms. The summed E-state index contributed by atoms with van der Waals surface area (Å²) in [5, 5.41) is 7.48. The molecule has 5 N–H and O–H groups in total. The van der Waals surface area contributed by atoms with Gasteiger partial charge in [0.25, 0.3) is 5.88 Å². The van der Waals surface area contributed by atoms with Gasteiger partial charge in [-0.3, -0.25) is 0 Å². The standard InChI is InChI=1S/C15H19N5O2/c1-8(2)10-5-11(21-3)9(6-16)4-12(10)22-15-14(18)20-13(17)7-19-15/h4-8,16H,1-3H3,(H4,17,18,20). The molecule has 0 aliphatic carbocycles. The van der Waals surface area contributed by atoms with Gasteiger partial charge < -0.3 is 26.4 Å². The maximum Gasteiger partial charge on any atom is 0.262 e. The lowest BCUT2D eigenvalue weighted by molar-refractivity contribution is 0.409. The Balaban J connectivity index is 2.50. The van der Waals surface area contributed by atoms with Crippen LogP contribution in [0.4, 0.5) is 11.6 Å². The molecule has 7 nitrogen and oxygen atoms in total. The number of ether oxygens (including phenoxy) is 2. The van der Waals surface area contributed by atoms with Gasteiger partial charge in [0.15, 0.2) is 5.82 Å². The van der Waals surface area contributed by atoms with Crippen molar-refractivity contribution < 1.29 is 9.47 Å². The topological polar surface area (TPSA) is 120 Å². The Labute approximate surface area is 128 Å². The average molecular weight is 301 g/mol. The van der Waals surface area contributed by atoms with Gasteiger partial charge in [-0.1, -0.05) is 13.8 Å². The van der Waals surface area contributed by atoms with Crippen LogP contribution in [0.1, 0.15) is 30.9 Å². The molecule has 2 aromatic rings. The molecule has 0 saturated carbocycles. The fourth-order valence-corrected chi connectivity index (χ4v) is 2.01. The molecule has 116 valence electrons. The van der Waals surface area contributed by atoms with E-state index in [-0.39, 0.29) is 23.4 Å². The molecule has 1 aromatic heterocycles. The lowest BCUT2D eigenvalue weighted by Gasteiger charge is -2.17. The first-order chi connectivity index (χ1) is 10.5. The predicted molar refractivity (Wildman–Crippen MR) is 85.9 cm³/mol. The quantitative estimate of drug-likeness (QED) is 0.730. The number of anilines is 2. The minimum absolute atomic E-state index is 0.113. The number of aromatic nitrogens is 2. The highest BCUT2D eigenvalue weighted by Crippen LogP contribution is 2.36. The van der Waals surface area contributed by atoms with Gasteiger partial charge in [0.05, 0.1) is 13.3 Å². The summed E-state index contributed by atoms with van der Waals surface area (Å²) in [7, 11) is 1.57. The zero-order chi connectivity index (χ0) is 16.3. The molecule has 1 heterocycles. The summed E-state index contributed by atoms with van der Waals surface area (Å²) in [6.45, 7) is 4.06. The fraction of sp³-hybridized carbons (Fsp3) is 0.267. The number of hydrogen-bond acceptors (Lipinski definition) is 7. The highest BCUT2D eigenvalue weighted by Gasteiger charge is 2.16. The number of benzene rings is 1. The van der Waals surface area contributed by atoms with Crippen LogP contribution in [0.15, 0.2) is 18.3 Å². The summed E-state index contributed by atoms with van der Waals surface area (Å²) in [5.41, 5.74) is 12.8. The molecule has 0 amide bonds. The van der Waals surface area contributed by atoms with Crippen LogP contribution in [0.5, 0.6) is 17.4 Å². The minimum atomic E-state index is 0.113. The third-order valence-electron chi connectivity index (χ3n) is 3.13. The maximum atomic E-state index is 7.48. The molecule has 0 bridgehead atoms. The Morgan fingerprint density at radius 3 is 2.50 bits per heavy atom. The van der Waals surface area contributed by atoms with Crippen LogP contribution < -0.4 is 20.9 Å². The fourth-order valence-electron chi connectivity index (χ4n) is 2.01. The lowest BCUT2D eigenvalue weighted by Crippen LogP contribution is -2.04. The second kappa shape index (κ2) is 6.30. The zero-order valence-electron chi connectivity index (χ0n) is 12.8. The van der Waals surface area contributed by atoms with Crippen LogP contribution >= 0.6 is 0 Å². The van der Waals surface area contributed by atoms with E-state index in [0.717, 1.165) is 5.56 Å². The van der Waals surface area contributed by atoms with Crippen LogP contribution in [-0.4, -0.2) is 23.3 Å². The molecule has 2 rings (SSSR count). The molecule has 0 aliphatic heterocycles. The number of methoxy groups -OCH3 is 1. The van der Waals surface area contributed by atoms with Crippen molar-refractivity contribution in [2.24, 2.45) is 0 Å². The molecule has 1 aromatic carbocycles. The van der Waals surface area contributed by atoms with Gasteiger partial charge in [0.2, 0.25) is 0 Å². The van der Waals surface area contributed by atoms with Crippen molar-refractivity contribution in [3.05, 3.63) is 29.5 Å². The van der Waals surface area contributed by atoms with Crippen molar-refractivity contribution in [2.45, 2.75) is 19.8 Å². The van der Waals surface area contributed by atoms with E-state index in [1.54, 1.807) is 13.2 Å². The number of nitrogens with two attached hydrogens (primary N) is 2. The van der Waals surface area contributed by atoms with Gasteiger partial charge in [0.1, 0.15) is 17.3 Å². The van der Waals surface area contributed by atoms with E-state index in [4.69, 9.17) is 26.4 Å². The van der Waals surface area contributed by atoms with E-state index in [1.807, 2.05) is 19.9 Å². The maximum absolute atomic E-state index is 7.48. The number of rotatable bonds is 5. The highest BCUT2D eigenvalue weighted by atomic mass is 16.5. The van der Waals surface area contributed by atoms with E-state index < -0.39 is 0 Å². The van der Waals surface area contributed by atoms with Crippen LogP contribution in [-0.2, 0) is 0 Å². The molecule has 0 fully saturated rings. The number of nitrogen functional groups attached to an aromatic ring is 2. The summed E-state index contributed by atoms with van der Waals surface area (Å²) in [4.78, 5) is 7.97. The smallest absolute Gasteiger partial charge is 0.262 e. The summed E-state index contributed by atoms with van der Waals surface area (Å²) in [6, 6.07) is 3.57. The minimum Gasteiger partial charge on any atom is -0.496 e. The summed E-state index contributed by atoms with van der Waals surface area (Å²) >= 11 is 0. The molecule has 0 radical (unpaired) electrons. The van der Waals surface area contributed by atoms with Gasteiger partial charge in [0, 0.05) is 17.3 Å². The van der Waals surface area contributed by atoms with E-state index in [0.29, 0.717) is 17.1 Å². The average Bonchev–Trinajstić information content (AvgIpc) is 2.49. The molecule has 0 saturated heterocycles. The van der Waals surface area contributed by atoms with Crippen LogP contribution in [0.2, 0.25) is 0 Å². The Morgan fingerprint density at radius 2 is 1.95 bits per heavy atom. The Hall–Kier alpha value is -2.83. The molecule has 7 heteroatoms. The van der Waals surface area contributed by atoms with Crippen molar-refractivity contribution >= 4 is 17.9 Å². The van der Waals surface area contributed by atoms with Crippen molar-refractivity contribution in [3.8, 4) is 17.4 Å². The third kappa shape index (κ3) is 3.08. The second-order valence-electron chi connectivity index (χ2n) is 5.02. The molecule has 0 unspecified atom stereocenters. The zero-order valence-corrected chi connectivity index (χ0v) is 12.8. The summed E-state index contributed by atoms with van der Waals surface area (Å²) in [6.07, 6.45) is 2.58. The third-order valence-corrected chi connectivity index (χ3v) is 3.13. The molecular formula is C15H19N5O2. The number of nitrogens with one attached hydrogen (secondary N) is 1. The Morgan fingerprint density at radius 1 is 1.23 bits per heavy atom. The highest BCUT2D eigenvalue weighted by molar-refractivity contribution is 5.82. The van der Waals surface area contributed by atoms with Crippen molar-refractivity contribution in [3.63, 3.8) is 0 Å². The Bertz CT molecular complexity index is 701. The van der Waals surface area contributed by atoms with Gasteiger partial charge >= 0.3 is 0 Å². The first kappa shape index (κ1) is 15.6. The summed E-state index contributed by atoms with van der Waals surface area (Å²) in [5.74, 6) is 1.87. The lowest BCUT2D eigenvalue weighted by atomic mass is 9.99. The molecule has 0 spiro atoms. The first-order valence-corrected chi connectivity index (χ1v) is 6.74. The predicted octanol–water partition coefficient (Wildman–Crippen LogP) is 2.56. The van der Waals surface area contributed by atoms with E-state index in [9.17, 15) is 0 Å². The van der Waals surface area contributed by atoms with Gasteiger partial charge in [-0.15, -0.1) is 0 Å². The largest absolute Gasteiger partial charge is 0.496 e. The van der Waals surface area contributed by atoms with Crippen molar-refractivity contribution in [2.75, 3.05) is 18.6 Å². The second-order valence-corrected chi connectivity index (χ2v) is 5.02. The number of nitrogens with zero attached hydrogens (tertiary/aromatic N) is 2. The Kier molecular flexibility index (Phi) is 4.45. The monoisotopic (exact) mass is 301 g/mol. The molecular weight excluding hydrogens is 282 g/mol. The normalized spacial score (nSPS) is 10.5. The first-order valence-electron chi connectivity index (χ1n) is 6.74. The van der Waals surface area contributed by atoms with Crippen LogP contribution in [0.3, 0.4) is 0 Å². The van der Waals surface area contributed by atoms with E-state index in [2.05, 4.69) is 9.97 Å².